The highest BCUT2D eigenvalue weighted by Crippen LogP contribution is 2.11. The Balaban J connectivity index is 1.62. The molecule has 0 aromatic carbocycles. The lowest BCUT2D eigenvalue weighted by Crippen LogP contribution is -2.45. The zero-order valence-corrected chi connectivity index (χ0v) is 11.4. The lowest BCUT2D eigenvalue weighted by molar-refractivity contribution is 0.0951. The van der Waals surface area contributed by atoms with Gasteiger partial charge in [-0.3, -0.25) is 0 Å². The summed E-state index contributed by atoms with van der Waals surface area (Å²) in [7, 11) is 0. The molecule has 0 bridgehead atoms. The van der Waals surface area contributed by atoms with Gasteiger partial charge in [0.25, 0.3) is 0 Å². The SMILES string of the molecule is CCOC(=O)N1CCC(NCCc2ccco2)CC1. The molecule has 1 fully saturated rings. The van der Waals surface area contributed by atoms with Gasteiger partial charge in [0, 0.05) is 32.1 Å². The molecule has 1 saturated heterocycles. The first-order valence-electron chi connectivity index (χ1n) is 6.97. The summed E-state index contributed by atoms with van der Waals surface area (Å²) in [4.78, 5) is 13.3. The number of rotatable bonds is 5. The van der Waals surface area contributed by atoms with Gasteiger partial charge in [0.1, 0.15) is 5.76 Å². The summed E-state index contributed by atoms with van der Waals surface area (Å²) in [5.74, 6) is 1.01. The standard InChI is InChI=1S/C14H22N2O3/c1-2-18-14(17)16-9-6-12(7-10-16)15-8-5-13-4-3-11-19-13/h3-4,11-12,15H,2,5-10H2,1H3. The fraction of sp³-hybridized carbons (Fsp3) is 0.643. The second kappa shape index (κ2) is 7.19. The Labute approximate surface area is 113 Å². The smallest absolute Gasteiger partial charge is 0.409 e. The number of carbonyl (C=O) groups is 1. The Kier molecular flexibility index (Phi) is 5.27. The molecule has 0 spiro atoms. The average Bonchev–Trinajstić information content (AvgIpc) is 2.93. The highest BCUT2D eigenvalue weighted by Gasteiger charge is 2.22. The van der Waals surface area contributed by atoms with Crippen LogP contribution in [0.15, 0.2) is 22.8 Å². The number of nitrogens with one attached hydrogen (secondary N) is 1. The Bertz CT molecular complexity index is 370. The first-order valence-corrected chi connectivity index (χ1v) is 6.97. The fourth-order valence-corrected chi connectivity index (χ4v) is 2.34. The lowest BCUT2D eigenvalue weighted by atomic mass is 10.1. The molecule has 2 heterocycles. The van der Waals surface area contributed by atoms with Crippen molar-refractivity contribution in [3.8, 4) is 0 Å². The van der Waals surface area contributed by atoms with Crippen molar-refractivity contribution in [3.63, 3.8) is 0 Å². The van der Waals surface area contributed by atoms with Crippen LogP contribution in [0.25, 0.3) is 0 Å². The zero-order chi connectivity index (χ0) is 13.5. The van der Waals surface area contributed by atoms with Gasteiger partial charge in [-0.2, -0.15) is 0 Å². The molecule has 1 amide bonds. The van der Waals surface area contributed by atoms with E-state index in [-0.39, 0.29) is 6.09 Å². The molecule has 106 valence electrons. The van der Waals surface area contributed by atoms with E-state index in [1.54, 1.807) is 11.2 Å². The molecule has 0 atom stereocenters. The quantitative estimate of drug-likeness (QED) is 0.886. The van der Waals surface area contributed by atoms with E-state index in [1.165, 1.54) is 0 Å². The summed E-state index contributed by atoms with van der Waals surface area (Å²) in [6.07, 6.45) is 4.39. The maximum absolute atomic E-state index is 11.5. The highest BCUT2D eigenvalue weighted by atomic mass is 16.6. The van der Waals surface area contributed by atoms with Gasteiger partial charge in [-0.1, -0.05) is 0 Å². The third-order valence-electron chi connectivity index (χ3n) is 3.41. The number of furan rings is 1. The van der Waals surface area contributed by atoms with E-state index in [9.17, 15) is 4.79 Å². The summed E-state index contributed by atoms with van der Waals surface area (Å²) in [5, 5.41) is 3.51. The van der Waals surface area contributed by atoms with Crippen LogP contribution >= 0.6 is 0 Å². The number of amides is 1. The summed E-state index contributed by atoms with van der Waals surface area (Å²) >= 11 is 0. The summed E-state index contributed by atoms with van der Waals surface area (Å²) < 4.78 is 10.3. The zero-order valence-electron chi connectivity index (χ0n) is 11.4. The molecular weight excluding hydrogens is 244 g/mol. The van der Waals surface area contributed by atoms with Gasteiger partial charge in [0.15, 0.2) is 0 Å². The van der Waals surface area contributed by atoms with Gasteiger partial charge in [-0.15, -0.1) is 0 Å². The van der Waals surface area contributed by atoms with E-state index in [4.69, 9.17) is 9.15 Å². The predicted molar refractivity (Wildman–Crippen MR) is 72.0 cm³/mol. The summed E-state index contributed by atoms with van der Waals surface area (Å²) in [5.41, 5.74) is 0. The van der Waals surface area contributed by atoms with Crippen LogP contribution in [0, 0.1) is 0 Å². The van der Waals surface area contributed by atoms with E-state index in [1.807, 2.05) is 19.1 Å². The van der Waals surface area contributed by atoms with Crippen molar-refractivity contribution in [2.45, 2.75) is 32.2 Å². The van der Waals surface area contributed by atoms with Crippen LogP contribution in [0.1, 0.15) is 25.5 Å². The van der Waals surface area contributed by atoms with Crippen LogP contribution in [0.4, 0.5) is 4.79 Å². The second-order valence-corrected chi connectivity index (χ2v) is 4.74. The molecule has 0 aliphatic carbocycles. The minimum Gasteiger partial charge on any atom is -0.469 e. The Morgan fingerprint density at radius 2 is 2.32 bits per heavy atom. The van der Waals surface area contributed by atoms with Crippen LogP contribution in [0.3, 0.4) is 0 Å². The Morgan fingerprint density at radius 1 is 1.53 bits per heavy atom. The van der Waals surface area contributed by atoms with Gasteiger partial charge in [-0.25, -0.2) is 4.79 Å². The number of ether oxygens (including phenoxy) is 1. The van der Waals surface area contributed by atoms with Crippen molar-refractivity contribution < 1.29 is 13.9 Å². The van der Waals surface area contributed by atoms with Crippen LogP contribution in [0.2, 0.25) is 0 Å². The number of piperidine rings is 1. The average molecular weight is 266 g/mol. The van der Waals surface area contributed by atoms with Gasteiger partial charge in [0.2, 0.25) is 0 Å². The second-order valence-electron chi connectivity index (χ2n) is 4.74. The van der Waals surface area contributed by atoms with Crippen molar-refractivity contribution in [3.05, 3.63) is 24.2 Å². The van der Waals surface area contributed by atoms with Crippen molar-refractivity contribution in [2.75, 3.05) is 26.2 Å². The number of hydrogen-bond donors (Lipinski definition) is 1. The van der Waals surface area contributed by atoms with Crippen molar-refractivity contribution in [2.24, 2.45) is 0 Å². The molecule has 0 unspecified atom stereocenters. The molecule has 1 aliphatic rings. The number of hydrogen-bond acceptors (Lipinski definition) is 4. The monoisotopic (exact) mass is 266 g/mol. The van der Waals surface area contributed by atoms with Gasteiger partial charge in [0.05, 0.1) is 12.9 Å². The van der Waals surface area contributed by atoms with Crippen molar-refractivity contribution >= 4 is 6.09 Å². The van der Waals surface area contributed by atoms with Crippen LogP contribution in [-0.4, -0.2) is 43.3 Å². The number of carbonyl (C=O) groups excluding carboxylic acids is 1. The minimum absolute atomic E-state index is 0.184. The van der Waals surface area contributed by atoms with Crippen LogP contribution in [0.5, 0.6) is 0 Å². The lowest BCUT2D eigenvalue weighted by Gasteiger charge is -2.31. The largest absolute Gasteiger partial charge is 0.469 e. The molecule has 1 aliphatic heterocycles. The Morgan fingerprint density at radius 3 is 2.95 bits per heavy atom. The highest BCUT2D eigenvalue weighted by molar-refractivity contribution is 5.67. The van der Waals surface area contributed by atoms with E-state index in [0.29, 0.717) is 12.6 Å². The summed E-state index contributed by atoms with van der Waals surface area (Å²) in [6.45, 7) is 4.74. The number of nitrogens with zero attached hydrogens (tertiary/aromatic N) is 1. The normalized spacial score (nSPS) is 16.6. The third-order valence-corrected chi connectivity index (χ3v) is 3.41. The Hall–Kier alpha value is -1.49. The molecule has 5 heteroatoms. The topological polar surface area (TPSA) is 54.7 Å². The molecule has 5 nitrogen and oxygen atoms in total. The maximum Gasteiger partial charge on any atom is 0.409 e. The van der Waals surface area contributed by atoms with Gasteiger partial charge >= 0.3 is 6.09 Å². The molecule has 0 radical (unpaired) electrons. The molecule has 2 rings (SSSR count). The maximum atomic E-state index is 11.5. The molecule has 19 heavy (non-hydrogen) atoms. The first-order chi connectivity index (χ1) is 9.29. The molecular formula is C14H22N2O3. The van der Waals surface area contributed by atoms with Crippen LogP contribution < -0.4 is 5.32 Å². The van der Waals surface area contributed by atoms with E-state index < -0.39 is 0 Å². The molecule has 1 aromatic heterocycles. The van der Waals surface area contributed by atoms with E-state index >= 15 is 0 Å². The van der Waals surface area contributed by atoms with Gasteiger partial charge in [-0.05, 0) is 31.9 Å². The van der Waals surface area contributed by atoms with E-state index in [0.717, 1.165) is 44.7 Å². The van der Waals surface area contributed by atoms with Crippen molar-refractivity contribution in [1.29, 1.82) is 0 Å². The van der Waals surface area contributed by atoms with Crippen molar-refractivity contribution in [1.82, 2.24) is 10.2 Å². The van der Waals surface area contributed by atoms with E-state index in [2.05, 4.69) is 5.32 Å². The summed E-state index contributed by atoms with van der Waals surface area (Å²) in [6, 6.07) is 4.39. The fourth-order valence-electron chi connectivity index (χ4n) is 2.34. The van der Waals surface area contributed by atoms with Gasteiger partial charge < -0.3 is 19.4 Å². The third kappa shape index (κ3) is 4.28. The first kappa shape index (κ1) is 13.9. The predicted octanol–water partition coefficient (Wildman–Crippen LogP) is 2.03. The van der Waals surface area contributed by atoms with Crippen LogP contribution in [-0.2, 0) is 11.2 Å². The number of likely N-dealkylation sites (tertiary alicyclic amines) is 1. The minimum atomic E-state index is -0.184. The molecule has 1 aromatic rings. The molecule has 0 saturated carbocycles. The molecule has 1 N–H and O–H groups in total.